The van der Waals surface area contributed by atoms with E-state index in [1.807, 2.05) is 48.8 Å². The van der Waals surface area contributed by atoms with Gasteiger partial charge in [-0.3, -0.25) is 0 Å². The van der Waals surface area contributed by atoms with Crippen molar-refractivity contribution in [1.82, 2.24) is 29.9 Å². The van der Waals surface area contributed by atoms with Crippen molar-refractivity contribution in [2.24, 2.45) is 0 Å². The molecule has 4 aromatic heterocycles. The van der Waals surface area contributed by atoms with E-state index in [0.717, 1.165) is 64.9 Å². The third-order valence-electron chi connectivity index (χ3n) is 10.4. The fourth-order valence-corrected chi connectivity index (χ4v) is 8.39. The average molecular weight is 747 g/mol. The largest absolute Gasteiger partial charge is 0.245 e. The minimum atomic E-state index is 0.610. The van der Waals surface area contributed by atoms with Gasteiger partial charge in [-0.2, -0.15) is 0 Å². The summed E-state index contributed by atoms with van der Waals surface area (Å²) in [6, 6.07) is 58.7. The smallest absolute Gasteiger partial charge is 0.164 e. The van der Waals surface area contributed by atoms with E-state index in [-0.39, 0.29) is 0 Å². The highest BCUT2D eigenvalue weighted by atomic mass is 32.1. The maximum absolute atomic E-state index is 5.12. The van der Waals surface area contributed by atoms with Gasteiger partial charge in [-0.1, -0.05) is 140 Å². The molecule has 0 aliphatic carbocycles. The van der Waals surface area contributed by atoms with Gasteiger partial charge in [-0.05, 0) is 68.6 Å². The van der Waals surface area contributed by atoms with Crippen LogP contribution in [0, 0.1) is 0 Å². The first-order valence-electron chi connectivity index (χ1n) is 18.7. The number of hydrogen-bond donors (Lipinski definition) is 0. The number of aromatic nitrogens is 6. The Kier molecular flexibility index (Phi) is 7.89. The second kappa shape index (κ2) is 13.7. The fourth-order valence-electron chi connectivity index (χ4n) is 7.45. The number of nitrogens with zero attached hydrogens (tertiary/aromatic N) is 6. The zero-order valence-electron chi connectivity index (χ0n) is 30.4. The Hall–Kier alpha value is -7.48. The summed E-state index contributed by atoms with van der Waals surface area (Å²) < 4.78 is 1.01. The van der Waals surface area contributed by atoms with Crippen LogP contribution in [0.1, 0.15) is 0 Å². The first-order chi connectivity index (χ1) is 28.2. The molecule has 0 atom stereocenters. The van der Waals surface area contributed by atoms with Crippen molar-refractivity contribution in [2.75, 3.05) is 0 Å². The summed E-state index contributed by atoms with van der Waals surface area (Å²) in [5.41, 5.74) is 8.94. The molecule has 11 rings (SSSR count). The molecule has 0 N–H and O–H groups in total. The Bertz CT molecular complexity index is 3290. The summed E-state index contributed by atoms with van der Waals surface area (Å²) in [7, 11) is 0. The first kappa shape index (κ1) is 32.9. The Morgan fingerprint density at radius 3 is 1.61 bits per heavy atom. The molecule has 0 saturated carbocycles. The maximum Gasteiger partial charge on any atom is 0.164 e. The summed E-state index contributed by atoms with van der Waals surface area (Å²) in [5, 5.41) is 5.82. The van der Waals surface area contributed by atoms with Gasteiger partial charge in [0.1, 0.15) is 4.83 Å². The van der Waals surface area contributed by atoms with Crippen molar-refractivity contribution < 1.29 is 0 Å². The van der Waals surface area contributed by atoms with E-state index in [0.29, 0.717) is 23.3 Å². The number of pyridine rings is 1. The van der Waals surface area contributed by atoms with Gasteiger partial charge in [0.05, 0.1) is 10.2 Å². The van der Waals surface area contributed by atoms with Crippen molar-refractivity contribution in [3.05, 3.63) is 182 Å². The quantitative estimate of drug-likeness (QED) is 0.158. The standard InChI is InChI=1S/C50H30N6S/c1-3-10-31(11-4-1)35-16-9-17-39(25-35)49-55-47(33-12-5-2-6-13-33)54-48(56-49)34-20-18-32(19-21-34)42-28-43-45-44(57-50(43)52-29-42)30-51-46(53-45)40-23-22-38-24-36-14-7-8-15-37(36)26-41(38)27-40/h1-30H. The highest BCUT2D eigenvalue weighted by Gasteiger charge is 2.16. The van der Waals surface area contributed by atoms with Crippen LogP contribution < -0.4 is 0 Å². The van der Waals surface area contributed by atoms with Crippen LogP contribution in [0.3, 0.4) is 0 Å². The van der Waals surface area contributed by atoms with Crippen molar-refractivity contribution >= 4 is 53.3 Å². The maximum atomic E-state index is 5.12. The molecule has 7 aromatic carbocycles. The number of benzene rings is 7. The number of fused-ring (bicyclic) bond motifs is 5. The molecule has 0 saturated heterocycles. The van der Waals surface area contributed by atoms with Crippen LogP contribution in [-0.4, -0.2) is 29.9 Å². The second-order valence-corrected chi connectivity index (χ2v) is 15.1. The lowest BCUT2D eigenvalue weighted by Gasteiger charge is -2.10. The number of thiophene rings is 1. The number of hydrogen-bond acceptors (Lipinski definition) is 7. The van der Waals surface area contributed by atoms with E-state index in [1.54, 1.807) is 11.3 Å². The molecule has 0 fully saturated rings. The first-order valence-corrected chi connectivity index (χ1v) is 19.6. The third-order valence-corrected chi connectivity index (χ3v) is 11.4. The minimum absolute atomic E-state index is 0.610. The monoisotopic (exact) mass is 746 g/mol. The van der Waals surface area contributed by atoms with Gasteiger partial charge in [0.2, 0.25) is 0 Å². The Morgan fingerprint density at radius 2 is 0.860 bits per heavy atom. The highest BCUT2D eigenvalue weighted by molar-refractivity contribution is 7.25. The van der Waals surface area contributed by atoms with Crippen molar-refractivity contribution in [3.63, 3.8) is 0 Å². The van der Waals surface area contributed by atoms with Gasteiger partial charge in [0.15, 0.2) is 23.3 Å². The van der Waals surface area contributed by atoms with E-state index in [9.17, 15) is 0 Å². The van der Waals surface area contributed by atoms with E-state index in [1.165, 1.54) is 21.5 Å². The van der Waals surface area contributed by atoms with Crippen LogP contribution in [0.25, 0.3) is 110 Å². The molecular formula is C50H30N6S. The van der Waals surface area contributed by atoms with Crippen molar-refractivity contribution in [1.29, 1.82) is 0 Å². The summed E-state index contributed by atoms with van der Waals surface area (Å²) in [6.45, 7) is 0. The van der Waals surface area contributed by atoms with Crippen molar-refractivity contribution in [3.8, 4) is 67.8 Å². The van der Waals surface area contributed by atoms with Gasteiger partial charge < -0.3 is 0 Å². The van der Waals surface area contributed by atoms with Crippen LogP contribution in [0.2, 0.25) is 0 Å². The Morgan fingerprint density at radius 1 is 0.316 bits per heavy atom. The van der Waals surface area contributed by atoms with E-state index >= 15 is 0 Å². The van der Waals surface area contributed by atoms with Crippen LogP contribution in [-0.2, 0) is 0 Å². The zero-order chi connectivity index (χ0) is 37.7. The molecule has 6 nitrogen and oxygen atoms in total. The van der Waals surface area contributed by atoms with Gasteiger partial charge in [0.25, 0.3) is 0 Å². The van der Waals surface area contributed by atoms with Gasteiger partial charge in [-0.15, -0.1) is 11.3 Å². The topological polar surface area (TPSA) is 77.3 Å². The summed E-state index contributed by atoms with van der Waals surface area (Å²) in [4.78, 5) is 30.7. The minimum Gasteiger partial charge on any atom is -0.245 e. The molecule has 0 radical (unpaired) electrons. The van der Waals surface area contributed by atoms with Crippen molar-refractivity contribution in [2.45, 2.75) is 0 Å². The van der Waals surface area contributed by atoms with E-state index in [2.05, 4.69) is 133 Å². The average Bonchev–Trinajstić information content (AvgIpc) is 3.66. The third kappa shape index (κ3) is 6.16. The lowest BCUT2D eigenvalue weighted by Crippen LogP contribution is -2.00. The van der Waals surface area contributed by atoms with Crippen LogP contribution in [0.5, 0.6) is 0 Å². The number of rotatable bonds is 6. The molecule has 11 aromatic rings. The molecule has 266 valence electrons. The van der Waals surface area contributed by atoms with Crippen LogP contribution in [0.15, 0.2) is 182 Å². The summed E-state index contributed by atoms with van der Waals surface area (Å²) in [5.74, 6) is 2.56. The molecule has 0 unspecified atom stereocenters. The molecule has 0 aliphatic rings. The SMILES string of the molecule is c1ccc(-c2cccc(-c3nc(-c4ccccc4)nc(-c4ccc(-c5cnc6sc7cnc(-c8ccc9cc%10ccccc%10cc9c8)nc7c6c5)cc4)n3)c2)cc1. The Labute approximate surface area is 331 Å². The fraction of sp³-hybridized carbons (Fsp3) is 0. The predicted molar refractivity (Wildman–Crippen MR) is 234 cm³/mol. The van der Waals surface area contributed by atoms with E-state index < -0.39 is 0 Å². The molecule has 7 heteroatoms. The van der Waals surface area contributed by atoms with Crippen LogP contribution in [0.4, 0.5) is 0 Å². The molecule has 0 bridgehead atoms. The lowest BCUT2D eigenvalue weighted by molar-refractivity contribution is 1.07. The molecule has 0 aliphatic heterocycles. The summed E-state index contributed by atoms with van der Waals surface area (Å²) in [6.07, 6.45) is 3.86. The van der Waals surface area contributed by atoms with E-state index in [4.69, 9.17) is 29.9 Å². The molecule has 57 heavy (non-hydrogen) atoms. The van der Waals surface area contributed by atoms with Gasteiger partial charge in [0, 0.05) is 45.6 Å². The lowest BCUT2D eigenvalue weighted by atomic mass is 10.0. The highest BCUT2D eigenvalue weighted by Crippen LogP contribution is 2.36. The molecular weight excluding hydrogens is 717 g/mol. The zero-order valence-corrected chi connectivity index (χ0v) is 31.2. The predicted octanol–water partition coefficient (Wildman–Crippen LogP) is 12.7. The van der Waals surface area contributed by atoms with Crippen LogP contribution >= 0.6 is 11.3 Å². The normalized spacial score (nSPS) is 11.5. The molecule has 4 heterocycles. The Balaban J connectivity index is 0.946. The summed E-state index contributed by atoms with van der Waals surface area (Å²) >= 11 is 1.61. The molecule has 0 amide bonds. The van der Waals surface area contributed by atoms with Gasteiger partial charge in [-0.25, -0.2) is 29.9 Å². The second-order valence-electron chi connectivity index (χ2n) is 14.0. The van der Waals surface area contributed by atoms with Gasteiger partial charge >= 0.3 is 0 Å². The molecule has 0 spiro atoms.